The molecule has 0 bridgehead atoms. The molecule has 108 valence electrons. The number of hydrogen-bond acceptors (Lipinski definition) is 2. The lowest BCUT2D eigenvalue weighted by Gasteiger charge is -2.13. The van der Waals surface area contributed by atoms with E-state index in [1.165, 1.54) is 16.5 Å². The molecule has 0 N–H and O–H groups in total. The van der Waals surface area contributed by atoms with Gasteiger partial charge in [0.05, 0.1) is 13.0 Å². The van der Waals surface area contributed by atoms with Gasteiger partial charge in [-0.05, 0) is 34.5 Å². The summed E-state index contributed by atoms with van der Waals surface area (Å²) in [6.45, 7) is 4.12. The molecule has 0 radical (unpaired) electrons. The molecule has 0 aliphatic carbocycles. The topological polar surface area (TPSA) is 18.5 Å². The fourth-order valence-electron chi connectivity index (χ4n) is 3.17. The Bertz CT molecular complexity index is 866. The molecule has 0 aromatic heterocycles. The molecule has 2 nitrogen and oxygen atoms in total. The summed E-state index contributed by atoms with van der Waals surface area (Å²) >= 11 is 0. The second-order valence-electron chi connectivity index (χ2n) is 5.48. The van der Waals surface area contributed by atoms with E-state index in [2.05, 4.69) is 36.9 Å². The van der Waals surface area contributed by atoms with Gasteiger partial charge in [-0.15, -0.1) is 0 Å². The summed E-state index contributed by atoms with van der Waals surface area (Å²) < 4.78 is 11.3. The van der Waals surface area contributed by atoms with Gasteiger partial charge in [-0.1, -0.05) is 49.0 Å². The number of ether oxygens (including phenoxy) is 2. The largest absolute Gasteiger partial charge is 0.497 e. The Kier molecular flexibility index (Phi) is 2.90. The molecule has 1 atom stereocenters. The summed E-state index contributed by atoms with van der Waals surface area (Å²) in [7, 11) is 1.69. The average molecular weight is 288 g/mol. The predicted molar refractivity (Wildman–Crippen MR) is 88.6 cm³/mol. The van der Waals surface area contributed by atoms with Crippen LogP contribution in [0.2, 0.25) is 0 Å². The van der Waals surface area contributed by atoms with Crippen molar-refractivity contribution in [1.29, 1.82) is 0 Å². The number of allylic oxidation sites excluding steroid dienone is 1. The Morgan fingerprint density at radius 1 is 1.00 bits per heavy atom. The standard InChI is InChI=1S/C20H16O2/c1-13-19(15-6-4-3-5-7-15)20-17-12-16(21-2)10-8-14(17)9-11-18(20)22-13/h3-12,19H,1H2,2H3/t19-/m1/s1. The van der Waals surface area contributed by atoms with E-state index in [0.717, 1.165) is 22.6 Å². The molecule has 0 fully saturated rings. The van der Waals surface area contributed by atoms with E-state index < -0.39 is 0 Å². The number of methoxy groups -OCH3 is 1. The molecule has 3 aromatic rings. The highest BCUT2D eigenvalue weighted by Crippen LogP contribution is 2.47. The van der Waals surface area contributed by atoms with Crippen molar-refractivity contribution in [2.75, 3.05) is 7.11 Å². The second-order valence-corrected chi connectivity index (χ2v) is 5.48. The minimum atomic E-state index is 0.0620. The van der Waals surface area contributed by atoms with Crippen molar-refractivity contribution < 1.29 is 9.47 Å². The summed E-state index contributed by atoms with van der Waals surface area (Å²) in [6, 6.07) is 20.6. The zero-order chi connectivity index (χ0) is 15.1. The fourth-order valence-corrected chi connectivity index (χ4v) is 3.17. The first-order valence-corrected chi connectivity index (χ1v) is 7.30. The van der Waals surface area contributed by atoms with Gasteiger partial charge in [0.25, 0.3) is 0 Å². The summed E-state index contributed by atoms with van der Waals surface area (Å²) in [5, 5.41) is 2.34. The molecule has 0 spiro atoms. The Balaban J connectivity index is 2.00. The number of rotatable bonds is 2. The van der Waals surface area contributed by atoms with Crippen LogP contribution >= 0.6 is 0 Å². The molecule has 1 heterocycles. The number of hydrogen-bond donors (Lipinski definition) is 0. The second kappa shape index (κ2) is 4.92. The van der Waals surface area contributed by atoms with Crippen LogP contribution in [0.4, 0.5) is 0 Å². The lowest BCUT2D eigenvalue weighted by molar-refractivity contribution is 0.415. The smallest absolute Gasteiger partial charge is 0.131 e. The monoisotopic (exact) mass is 288 g/mol. The highest BCUT2D eigenvalue weighted by molar-refractivity contribution is 5.91. The zero-order valence-corrected chi connectivity index (χ0v) is 12.4. The van der Waals surface area contributed by atoms with E-state index in [1.807, 2.05) is 30.3 Å². The summed E-state index contributed by atoms with van der Waals surface area (Å²) in [5.41, 5.74) is 2.37. The van der Waals surface area contributed by atoms with Crippen molar-refractivity contribution in [2.24, 2.45) is 0 Å². The molecule has 0 unspecified atom stereocenters. The summed E-state index contributed by atoms with van der Waals surface area (Å²) in [4.78, 5) is 0. The van der Waals surface area contributed by atoms with Crippen molar-refractivity contribution in [3.8, 4) is 11.5 Å². The molecular formula is C20H16O2. The Morgan fingerprint density at radius 3 is 2.55 bits per heavy atom. The molecule has 0 saturated heterocycles. The first-order valence-electron chi connectivity index (χ1n) is 7.30. The maximum absolute atomic E-state index is 5.92. The van der Waals surface area contributed by atoms with Gasteiger partial charge in [0, 0.05) is 5.56 Å². The van der Waals surface area contributed by atoms with Gasteiger partial charge in [-0.2, -0.15) is 0 Å². The molecule has 1 aliphatic heterocycles. The van der Waals surface area contributed by atoms with Crippen molar-refractivity contribution >= 4 is 10.8 Å². The zero-order valence-electron chi connectivity index (χ0n) is 12.4. The van der Waals surface area contributed by atoms with Crippen LogP contribution in [0.25, 0.3) is 10.8 Å². The first kappa shape index (κ1) is 13.0. The first-order chi connectivity index (χ1) is 10.8. The highest BCUT2D eigenvalue weighted by Gasteiger charge is 2.31. The van der Waals surface area contributed by atoms with E-state index in [-0.39, 0.29) is 5.92 Å². The molecule has 0 amide bonds. The van der Waals surface area contributed by atoms with Crippen LogP contribution in [0.1, 0.15) is 17.0 Å². The van der Waals surface area contributed by atoms with Gasteiger partial charge in [0.2, 0.25) is 0 Å². The molecule has 1 aliphatic rings. The van der Waals surface area contributed by atoms with Gasteiger partial charge >= 0.3 is 0 Å². The van der Waals surface area contributed by atoms with Crippen LogP contribution in [0.15, 0.2) is 73.0 Å². The van der Waals surface area contributed by atoms with E-state index >= 15 is 0 Å². The molecule has 4 rings (SSSR count). The summed E-state index contributed by atoms with van der Waals surface area (Å²) in [6.07, 6.45) is 0. The maximum Gasteiger partial charge on any atom is 0.131 e. The van der Waals surface area contributed by atoms with Crippen LogP contribution in [0.5, 0.6) is 11.5 Å². The van der Waals surface area contributed by atoms with Crippen LogP contribution in [-0.2, 0) is 0 Å². The quantitative estimate of drug-likeness (QED) is 0.668. The van der Waals surface area contributed by atoms with E-state index in [4.69, 9.17) is 9.47 Å². The van der Waals surface area contributed by atoms with Crippen molar-refractivity contribution in [2.45, 2.75) is 5.92 Å². The van der Waals surface area contributed by atoms with Gasteiger partial charge in [0.1, 0.15) is 17.3 Å². The molecule has 22 heavy (non-hydrogen) atoms. The Hall–Kier alpha value is -2.74. The lowest BCUT2D eigenvalue weighted by atomic mass is 9.88. The molecule has 3 aromatic carbocycles. The Morgan fingerprint density at radius 2 is 1.77 bits per heavy atom. The third kappa shape index (κ3) is 1.88. The maximum atomic E-state index is 5.92. The van der Waals surface area contributed by atoms with Gasteiger partial charge < -0.3 is 9.47 Å². The minimum Gasteiger partial charge on any atom is -0.497 e. The predicted octanol–water partition coefficient (Wildman–Crippen LogP) is 4.89. The SMILES string of the molecule is C=C1Oc2ccc3ccc(OC)cc3c2[C@H]1c1ccccc1. The van der Waals surface area contributed by atoms with Crippen molar-refractivity contribution in [1.82, 2.24) is 0 Å². The highest BCUT2D eigenvalue weighted by atomic mass is 16.5. The lowest BCUT2D eigenvalue weighted by Crippen LogP contribution is -2.00. The fraction of sp³-hybridized carbons (Fsp3) is 0.100. The molecular weight excluding hydrogens is 272 g/mol. The minimum absolute atomic E-state index is 0.0620. The van der Waals surface area contributed by atoms with Gasteiger partial charge in [-0.3, -0.25) is 0 Å². The van der Waals surface area contributed by atoms with E-state index in [1.54, 1.807) is 7.11 Å². The normalized spacial score (nSPS) is 16.4. The van der Waals surface area contributed by atoms with Crippen LogP contribution in [-0.4, -0.2) is 7.11 Å². The van der Waals surface area contributed by atoms with Crippen LogP contribution < -0.4 is 9.47 Å². The van der Waals surface area contributed by atoms with E-state index in [0.29, 0.717) is 0 Å². The Labute approximate surface area is 129 Å². The van der Waals surface area contributed by atoms with Crippen LogP contribution in [0.3, 0.4) is 0 Å². The summed E-state index contributed by atoms with van der Waals surface area (Å²) in [5.74, 6) is 2.58. The van der Waals surface area contributed by atoms with Crippen LogP contribution in [0, 0.1) is 0 Å². The number of benzene rings is 3. The molecule has 0 saturated carbocycles. The van der Waals surface area contributed by atoms with Gasteiger partial charge in [-0.25, -0.2) is 0 Å². The molecule has 2 heteroatoms. The average Bonchev–Trinajstić information content (AvgIpc) is 2.91. The number of fused-ring (bicyclic) bond motifs is 3. The van der Waals surface area contributed by atoms with Gasteiger partial charge in [0.15, 0.2) is 0 Å². The third-order valence-corrected chi connectivity index (χ3v) is 4.21. The third-order valence-electron chi connectivity index (χ3n) is 4.21. The van der Waals surface area contributed by atoms with Crippen molar-refractivity contribution in [3.05, 3.63) is 84.1 Å². The van der Waals surface area contributed by atoms with Crippen molar-refractivity contribution in [3.63, 3.8) is 0 Å². The van der Waals surface area contributed by atoms with E-state index in [9.17, 15) is 0 Å².